The number of carbonyl (C=O) groups excluding carboxylic acids is 1. The summed E-state index contributed by atoms with van der Waals surface area (Å²) in [5.74, 6) is 0.554. The first-order valence-corrected chi connectivity index (χ1v) is 10.9. The highest BCUT2D eigenvalue weighted by atomic mass is 32.2. The first-order chi connectivity index (χ1) is 13.5. The number of thiophene rings is 1. The third kappa shape index (κ3) is 4.72. The van der Waals surface area contributed by atoms with Crippen LogP contribution < -0.4 is 10.9 Å². The predicted octanol–water partition coefficient (Wildman–Crippen LogP) is 4.18. The summed E-state index contributed by atoms with van der Waals surface area (Å²) >= 11 is 2.77. The number of benzene rings is 1. The van der Waals surface area contributed by atoms with E-state index in [1.807, 2.05) is 50.2 Å². The Morgan fingerprint density at radius 2 is 2.11 bits per heavy atom. The lowest BCUT2D eigenvalue weighted by Crippen LogP contribution is -2.29. The number of amides is 1. The number of nitrogens with zero attached hydrogens (tertiary/aromatic N) is 2. The Morgan fingerprint density at radius 1 is 1.36 bits per heavy atom. The average Bonchev–Trinajstić information content (AvgIpc) is 3.12. The third-order valence-electron chi connectivity index (χ3n) is 4.03. The van der Waals surface area contributed by atoms with Crippen LogP contribution in [-0.2, 0) is 11.3 Å². The van der Waals surface area contributed by atoms with E-state index in [1.165, 1.54) is 23.1 Å². The summed E-state index contributed by atoms with van der Waals surface area (Å²) in [4.78, 5) is 31.5. The SMILES string of the molecule is C=CCn1c(SCC(=O)NCC(C)C)nc2sc(-c3ccccc3)cc2c1=O. The average molecular weight is 414 g/mol. The molecule has 0 aliphatic rings. The summed E-state index contributed by atoms with van der Waals surface area (Å²) in [5, 5.41) is 4.03. The minimum absolute atomic E-state index is 0.0608. The Kier molecular flexibility index (Phi) is 6.70. The molecule has 0 radical (unpaired) electrons. The molecule has 1 aromatic carbocycles. The van der Waals surface area contributed by atoms with Crippen LogP contribution in [0.15, 0.2) is 59.0 Å². The quantitative estimate of drug-likeness (QED) is 0.342. The second kappa shape index (κ2) is 9.21. The molecule has 0 atom stereocenters. The first-order valence-electron chi connectivity index (χ1n) is 9.09. The number of hydrogen-bond acceptors (Lipinski definition) is 5. The van der Waals surface area contributed by atoms with Crippen LogP contribution >= 0.6 is 23.1 Å². The van der Waals surface area contributed by atoms with E-state index < -0.39 is 0 Å². The van der Waals surface area contributed by atoms with Gasteiger partial charge in [-0.05, 0) is 17.5 Å². The normalized spacial score (nSPS) is 11.1. The molecule has 146 valence electrons. The van der Waals surface area contributed by atoms with Crippen molar-refractivity contribution in [1.82, 2.24) is 14.9 Å². The van der Waals surface area contributed by atoms with E-state index in [-0.39, 0.29) is 17.2 Å². The molecule has 0 spiro atoms. The van der Waals surface area contributed by atoms with Gasteiger partial charge in [0, 0.05) is 18.0 Å². The van der Waals surface area contributed by atoms with E-state index in [0.717, 1.165) is 10.4 Å². The van der Waals surface area contributed by atoms with Crippen molar-refractivity contribution in [2.75, 3.05) is 12.3 Å². The molecule has 0 aliphatic heterocycles. The molecule has 28 heavy (non-hydrogen) atoms. The molecule has 0 bridgehead atoms. The van der Waals surface area contributed by atoms with Gasteiger partial charge in [0.25, 0.3) is 5.56 Å². The van der Waals surface area contributed by atoms with Crippen molar-refractivity contribution in [2.45, 2.75) is 25.5 Å². The number of nitrogens with one attached hydrogen (secondary N) is 1. The molecule has 1 amide bonds. The molecule has 0 saturated carbocycles. The molecule has 0 aliphatic carbocycles. The second-order valence-electron chi connectivity index (χ2n) is 6.78. The molecule has 3 aromatic rings. The number of carbonyl (C=O) groups is 1. The van der Waals surface area contributed by atoms with Gasteiger partial charge in [0.15, 0.2) is 5.16 Å². The van der Waals surface area contributed by atoms with Gasteiger partial charge in [0.1, 0.15) is 4.83 Å². The van der Waals surface area contributed by atoms with Crippen LogP contribution in [-0.4, -0.2) is 27.8 Å². The van der Waals surface area contributed by atoms with Gasteiger partial charge in [0.05, 0.1) is 11.1 Å². The van der Waals surface area contributed by atoms with Gasteiger partial charge < -0.3 is 5.32 Å². The smallest absolute Gasteiger partial charge is 0.263 e. The highest BCUT2D eigenvalue weighted by Gasteiger charge is 2.16. The van der Waals surface area contributed by atoms with Crippen LogP contribution in [0.1, 0.15) is 13.8 Å². The number of thioether (sulfide) groups is 1. The van der Waals surface area contributed by atoms with Crippen molar-refractivity contribution in [1.29, 1.82) is 0 Å². The lowest BCUT2D eigenvalue weighted by molar-refractivity contribution is -0.118. The fourth-order valence-corrected chi connectivity index (χ4v) is 4.56. The fourth-order valence-electron chi connectivity index (χ4n) is 2.64. The highest BCUT2D eigenvalue weighted by Crippen LogP contribution is 2.32. The van der Waals surface area contributed by atoms with Gasteiger partial charge in [0.2, 0.25) is 5.91 Å². The third-order valence-corrected chi connectivity index (χ3v) is 6.08. The van der Waals surface area contributed by atoms with Gasteiger partial charge in [-0.1, -0.05) is 62.0 Å². The zero-order valence-corrected chi connectivity index (χ0v) is 17.6. The summed E-state index contributed by atoms with van der Waals surface area (Å²) in [6, 6.07) is 11.8. The predicted molar refractivity (Wildman–Crippen MR) is 118 cm³/mol. The van der Waals surface area contributed by atoms with Crippen molar-refractivity contribution >= 4 is 39.2 Å². The van der Waals surface area contributed by atoms with E-state index in [9.17, 15) is 9.59 Å². The number of allylic oxidation sites excluding steroid dienone is 1. The van der Waals surface area contributed by atoms with Crippen molar-refractivity contribution in [3.8, 4) is 10.4 Å². The van der Waals surface area contributed by atoms with Crippen LogP contribution in [0.2, 0.25) is 0 Å². The van der Waals surface area contributed by atoms with Crippen LogP contribution in [0.3, 0.4) is 0 Å². The maximum atomic E-state index is 13.0. The molecule has 0 saturated heterocycles. The van der Waals surface area contributed by atoms with E-state index in [1.54, 1.807) is 10.6 Å². The lowest BCUT2D eigenvalue weighted by atomic mass is 10.2. The standard InChI is InChI=1S/C21H23N3O2S2/c1-4-10-24-20(26)16-11-17(15-8-6-5-7-9-15)28-19(16)23-21(24)27-13-18(25)22-12-14(2)3/h4-9,11,14H,1,10,12-13H2,2-3H3,(H,22,25). The molecule has 0 fully saturated rings. The Labute approximate surface area is 172 Å². The van der Waals surface area contributed by atoms with Gasteiger partial charge >= 0.3 is 0 Å². The minimum atomic E-state index is -0.103. The van der Waals surface area contributed by atoms with Crippen LogP contribution in [0.4, 0.5) is 0 Å². The molecule has 2 aromatic heterocycles. The van der Waals surface area contributed by atoms with Crippen LogP contribution in [0.5, 0.6) is 0 Å². The topological polar surface area (TPSA) is 64.0 Å². The molecule has 3 rings (SSSR count). The van der Waals surface area contributed by atoms with Crippen LogP contribution in [0, 0.1) is 5.92 Å². The molecule has 2 heterocycles. The van der Waals surface area contributed by atoms with Gasteiger partial charge in [-0.15, -0.1) is 17.9 Å². The Bertz CT molecular complexity index is 1040. The summed E-state index contributed by atoms with van der Waals surface area (Å²) in [6.45, 7) is 8.83. The zero-order valence-electron chi connectivity index (χ0n) is 16.0. The summed E-state index contributed by atoms with van der Waals surface area (Å²) < 4.78 is 1.58. The number of aromatic nitrogens is 2. The maximum absolute atomic E-state index is 13.0. The molecule has 7 heteroatoms. The van der Waals surface area contributed by atoms with Crippen molar-refractivity contribution in [3.05, 3.63) is 59.4 Å². The Morgan fingerprint density at radius 3 is 2.79 bits per heavy atom. The maximum Gasteiger partial charge on any atom is 0.263 e. The van der Waals surface area contributed by atoms with Crippen LogP contribution in [0.25, 0.3) is 20.7 Å². The number of hydrogen-bond donors (Lipinski definition) is 1. The number of rotatable bonds is 8. The highest BCUT2D eigenvalue weighted by molar-refractivity contribution is 7.99. The molecular weight excluding hydrogens is 390 g/mol. The van der Waals surface area contributed by atoms with Gasteiger partial charge in [-0.2, -0.15) is 0 Å². The van der Waals surface area contributed by atoms with Gasteiger partial charge in [-0.25, -0.2) is 4.98 Å². The van der Waals surface area contributed by atoms with E-state index in [4.69, 9.17) is 0 Å². The second-order valence-corrected chi connectivity index (χ2v) is 8.75. The fraction of sp³-hybridized carbons (Fsp3) is 0.286. The molecule has 1 N–H and O–H groups in total. The van der Waals surface area contributed by atoms with Gasteiger partial charge in [-0.3, -0.25) is 14.2 Å². The van der Waals surface area contributed by atoms with E-state index in [0.29, 0.717) is 34.4 Å². The van der Waals surface area contributed by atoms with Crippen molar-refractivity contribution < 1.29 is 4.79 Å². The molecular formula is C21H23N3O2S2. The molecule has 0 unspecified atom stereocenters. The van der Waals surface area contributed by atoms with Crippen molar-refractivity contribution in [3.63, 3.8) is 0 Å². The Balaban J connectivity index is 1.93. The molecule has 5 nitrogen and oxygen atoms in total. The summed E-state index contributed by atoms with van der Waals surface area (Å²) in [7, 11) is 0. The number of fused-ring (bicyclic) bond motifs is 1. The zero-order chi connectivity index (χ0) is 20.1. The Hall–Kier alpha value is -2.38. The lowest BCUT2D eigenvalue weighted by Gasteiger charge is -2.10. The largest absolute Gasteiger partial charge is 0.355 e. The monoisotopic (exact) mass is 413 g/mol. The summed E-state index contributed by atoms with van der Waals surface area (Å²) in [6.07, 6.45) is 1.67. The minimum Gasteiger partial charge on any atom is -0.355 e. The van der Waals surface area contributed by atoms with E-state index in [2.05, 4.69) is 16.9 Å². The summed E-state index contributed by atoms with van der Waals surface area (Å²) in [5.41, 5.74) is 0.954. The van der Waals surface area contributed by atoms with Crippen molar-refractivity contribution in [2.24, 2.45) is 5.92 Å². The van der Waals surface area contributed by atoms with E-state index >= 15 is 0 Å². The first kappa shape index (κ1) is 20.4.